The molecule has 0 aromatic carbocycles. The Morgan fingerprint density at radius 1 is 0.889 bits per heavy atom. The zero-order chi connectivity index (χ0) is 13.6. The van der Waals surface area contributed by atoms with Gasteiger partial charge in [0.25, 0.3) is 0 Å². The van der Waals surface area contributed by atoms with Gasteiger partial charge in [-0.2, -0.15) is 0 Å². The van der Waals surface area contributed by atoms with Gasteiger partial charge in [0.2, 0.25) is 11.8 Å². The van der Waals surface area contributed by atoms with Crippen LogP contribution in [-0.4, -0.2) is 45.3 Å². The molecule has 8 heteroatoms. The highest BCUT2D eigenvalue weighted by molar-refractivity contribution is 14.1. The van der Waals surface area contributed by atoms with Crippen LogP contribution in [-0.2, 0) is 9.59 Å². The lowest BCUT2D eigenvalue weighted by Gasteiger charge is -2.01. The molecule has 0 aliphatic rings. The molecule has 0 aliphatic heterocycles. The number of amides is 2. The number of hydrogen-bond donors (Lipinski definition) is 2. The quantitative estimate of drug-likeness (QED) is 0.266. The second kappa shape index (κ2) is 14.3. The SMILES string of the molecule is O=C(CI)NCCS/C=C\SCCNC(=O)CI. The normalized spacial score (nSPS) is 10.6. The molecular formula is C10H16I2N2O2S2. The minimum atomic E-state index is 0.0839. The van der Waals surface area contributed by atoms with Crippen molar-refractivity contribution in [3.8, 4) is 0 Å². The minimum Gasteiger partial charge on any atom is -0.355 e. The third-order valence-electron chi connectivity index (χ3n) is 1.57. The van der Waals surface area contributed by atoms with Gasteiger partial charge in [-0.05, 0) is 10.8 Å². The number of thioether (sulfide) groups is 2. The molecule has 2 N–H and O–H groups in total. The van der Waals surface area contributed by atoms with Gasteiger partial charge in [-0.3, -0.25) is 9.59 Å². The number of carbonyl (C=O) groups excluding carboxylic acids is 2. The van der Waals surface area contributed by atoms with Crippen molar-refractivity contribution in [2.24, 2.45) is 0 Å². The van der Waals surface area contributed by atoms with E-state index in [1.54, 1.807) is 23.5 Å². The molecule has 0 bridgehead atoms. The molecule has 0 rings (SSSR count). The first-order valence-corrected chi connectivity index (χ1v) is 10.4. The lowest BCUT2D eigenvalue weighted by atomic mass is 10.6. The van der Waals surface area contributed by atoms with Crippen molar-refractivity contribution in [3.63, 3.8) is 0 Å². The van der Waals surface area contributed by atoms with Crippen LogP contribution >= 0.6 is 68.7 Å². The first kappa shape index (κ1) is 18.8. The highest BCUT2D eigenvalue weighted by Crippen LogP contribution is 2.07. The minimum absolute atomic E-state index is 0.0839. The van der Waals surface area contributed by atoms with E-state index < -0.39 is 0 Å². The number of carbonyl (C=O) groups is 2. The van der Waals surface area contributed by atoms with Gasteiger partial charge < -0.3 is 10.6 Å². The summed E-state index contributed by atoms with van der Waals surface area (Å²) in [7, 11) is 0. The number of rotatable bonds is 10. The highest BCUT2D eigenvalue weighted by atomic mass is 127. The van der Waals surface area contributed by atoms with E-state index in [1.807, 2.05) is 56.0 Å². The molecule has 0 fully saturated rings. The van der Waals surface area contributed by atoms with E-state index in [0.717, 1.165) is 11.5 Å². The maximum Gasteiger partial charge on any atom is 0.229 e. The Kier molecular flexibility index (Phi) is 14.9. The summed E-state index contributed by atoms with van der Waals surface area (Å²) in [6.07, 6.45) is 0. The van der Waals surface area contributed by atoms with Crippen LogP contribution in [0.5, 0.6) is 0 Å². The maximum atomic E-state index is 10.9. The van der Waals surface area contributed by atoms with Gasteiger partial charge in [-0.1, -0.05) is 45.2 Å². The average Bonchev–Trinajstić information content (AvgIpc) is 2.40. The number of nitrogens with one attached hydrogen (secondary N) is 2. The Labute approximate surface area is 144 Å². The van der Waals surface area contributed by atoms with Crippen LogP contribution in [0.3, 0.4) is 0 Å². The molecule has 0 saturated carbocycles. The fourth-order valence-corrected chi connectivity index (χ4v) is 2.69. The summed E-state index contributed by atoms with van der Waals surface area (Å²) < 4.78 is 1.02. The molecule has 104 valence electrons. The summed E-state index contributed by atoms with van der Waals surface area (Å²) in [5.74, 6) is 1.93. The molecule has 0 unspecified atom stereocenters. The molecule has 0 atom stereocenters. The molecular weight excluding hydrogens is 498 g/mol. The van der Waals surface area contributed by atoms with Crippen molar-refractivity contribution in [1.29, 1.82) is 0 Å². The van der Waals surface area contributed by atoms with E-state index in [0.29, 0.717) is 21.9 Å². The average molecular weight is 514 g/mol. The zero-order valence-electron chi connectivity index (χ0n) is 9.79. The van der Waals surface area contributed by atoms with Gasteiger partial charge in [0.15, 0.2) is 0 Å². The first-order valence-electron chi connectivity index (χ1n) is 5.24. The van der Waals surface area contributed by atoms with Crippen LogP contribution in [0.2, 0.25) is 0 Å². The Morgan fingerprint density at radius 2 is 1.28 bits per heavy atom. The van der Waals surface area contributed by atoms with Crippen molar-refractivity contribution in [3.05, 3.63) is 10.8 Å². The molecule has 18 heavy (non-hydrogen) atoms. The lowest BCUT2D eigenvalue weighted by molar-refractivity contribution is -0.119. The monoisotopic (exact) mass is 514 g/mol. The summed E-state index contributed by atoms with van der Waals surface area (Å²) >= 11 is 7.42. The van der Waals surface area contributed by atoms with E-state index >= 15 is 0 Å². The molecule has 0 aliphatic carbocycles. The molecule has 0 radical (unpaired) electrons. The van der Waals surface area contributed by atoms with E-state index in [9.17, 15) is 9.59 Å². The third-order valence-corrected chi connectivity index (χ3v) is 4.67. The van der Waals surface area contributed by atoms with Crippen molar-refractivity contribution in [2.75, 3.05) is 33.5 Å². The molecule has 4 nitrogen and oxygen atoms in total. The second-order valence-electron chi connectivity index (χ2n) is 2.98. The van der Waals surface area contributed by atoms with Crippen molar-refractivity contribution >= 4 is 80.5 Å². The van der Waals surface area contributed by atoms with Crippen molar-refractivity contribution in [2.45, 2.75) is 0 Å². The number of hydrogen-bond acceptors (Lipinski definition) is 4. The largest absolute Gasteiger partial charge is 0.355 e. The molecule has 2 amide bonds. The van der Waals surface area contributed by atoms with Crippen LogP contribution in [0.25, 0.3) is 0 Å². The van der Waals surface area contributed by atoms with Gasteiger partial charge in [0.05, 0.1) is 8.86 Å². The van der Waals surface area contributed by atoms with Crippen LogP contribution in [0.15, 0.2) is 10.8 Å². The Morgan fingerprint density at radius 3 is 1.61 bits per heavy atom. The Balaban J connectivity index is 3.23. The predicted octanol–water partition coefficient (Wildman–Crippen LogP) is 2.03. The van der Waals surface area contributed by atoms with Gasteiger partial charge >= 0.3 is 0 Å². The lowest BCUT2D eigenvalue weighted by Crippen LogP contribution is -2.26. The maximum absolute atomic E-state index is 10.9. The van der Waals surface area contributed by atoms with Gasteiger partial charge in [0.1, 0.15) is 0 Å². The van der Waals surface area contributed by atoms with E-state index in [1.165, 1.54) is 0 Å². The summed E-state index contributed by atoms with van der Waals surface area (Å²) in [6.45, 7) is 1.40. The smallest absolute Gasteiger partial charge is 0.229 e. The summed E-state index contributed by atoms with van der Waals surface area (Å²) in [4.78, 5) is 21.8. The number of alkyl halides is 2. The van der Waals surface area contributed by atoms with Gasteiger partial charge in [-0.25, -0.2) is 0 Å². The van der Waals surface area contributed by atoms with Gasteiger partial charge in [-0.15, -0.1) is 23.5 Å². The van der Waals surface area contributed by atoms with Crippen LogP contribution < -0.4 is 10.6 Å². The van der Waals surface area contributed by atoms with Crippen molar-refractivity contribution < 1.29 is 9.59 Å². The van der Waals surface area contributed by atoms with Crippen molar-refractivity contribution in [1.82, 2.24) is 10.6 Å². The molecule has 0 spiro atoms. The summed E-state index contributed by atoms with van der Waals surface area (Å²) in [6, 6.07) is 0. The molecule has 0 saturated heterocycles. The third kappa shape index (κ3) is 13.3. The van der Waals surface area contributed by atoms with Crippen LogP contribution in [0, 0.1) is 0 Å². The summed E-state index contributed by atoms with van der Waals surface area (Å²) in [5, 5.41) is 9.64. The fourth-order valence-electron chi connectivity index (χ4n) is 0.808. The topological polar surface area (TPSA) is 58.2 Å². The molecule has 0 aromatic rings. The van der Waals surface area contributed by atoms with Crippen LogP contribution in [0.1, 0.15) is 0 Å². The van der Waals surface area contributed by atoms with E-state index in [-0.39, 0.29) is 11.8 Å². The summed E-state index contributed by atoms with van der Waals surface area (Å²) in [5.41, 5.74) is 0. The number of halogens is 2. The standard InChI is InChI=1S/C10H16I2N2O2S2/c11-7-9(15)13-1-3-17-5-6-18-4-2-14-10(16)8-12/h5-6H,1-4,7-8H2,(H,13,15)(H,14,16)/b6-5-. The van der Waals surface area contributed by atoms with Crippen LogP contribution in [0.4, 0.5) is 0 Å². The highest BCUT2D eigenvalue weighted by Gasteiger charge is 1.95. The van der Waals surface area contributed by atoms with E-state index in [4.69, 9.17) is 0 Å². The molecule has 0 aromatic heterocycles. The zero-order valence-corrected chi connectivity index (χ0v) is 15.7. The first-order chi connectivity index (χ1) is 8.70. The van der Waals surface area contributed by atoms with E-state index in [2.05, 4.69) is 10.6 Å². The fraction of sp³-hybridized carbons (Fsp3) is 0.600. The predicted molar refractivity (Wildman–Crippen MR) is 97.8 cm³/mol. The molecule has 0 heterocycles. The van der Waals surface area contributed by atoms with Gasteiger partial charge in [0, 0.05) is 24.6 Å². The Bertz CT molecular complexity index is 253. The second-order valence-corrected chi connectivity index (χ2v) is 6.53. The Hall–Kier alpha value is 0.840.